The lowest BCUT2D eigenvalue weighted by molar-refractivity contribution is 0.0951. The average Bonchev–Trinajstić information content (AvgIpc) is 3.33. The molecule has 2 fully saturated rings. The van der Waals surface area contributed by atoms with Crippen molar-refractivity contribution in [3.05, 3.63) is 59.7 Å². The molecule has 0 radical (unpaired) electrons. The standard InChI is InChI=1S/C25H32N4O2/c30-24(26-18-19-9-3-1-4-10-19)22-17-21(13-14-23(22)29-15-7-8-16-29)28-25(31)27-20-11-5-2-6-12-20/h1,3-4,9-10,13-14,17,20H,2,5-8,11-12,15-16,18H2,(H,26,30)(H2,27,28,31). The summed E-state index contributed by atoms with van der Waals surface area (Å²) in [5.41, 5.74) is 3.23. The molecule has 1 aliphatic heterocycles. The Hall–Kier alpha value is -3.02. The van der Waals surface area contributed by atoms with E-state index in [1.807, 2.05) is 42.5 Å². The number of hydrogen-bond donors (Lipinski definition) is 3. The monoisotopic (exact) mass is 420 g/mol. The lowest BCUT2D eigenvalue weighted by atomic mass is 9.96. The van der Waals surface area contributed by atoms with Gasteiger partial charge in [0.25, 0.3) is 5.91 Å². The lowest BCUT2D eigenvalue weighted by Crippen LogP contribution is -2.39. The number of nitrogens with zero attached hydrogens (tertiary/aromatic N) is 1. The predicted octanol–water partition coefficient (Wildman–Crippen LogP) is 4.67. The molecule has 31 heavy (non-hydrogen) atoms. The van der Waals surface area contributed by atoms with E-state index >= 15 is 0 Å². The summed E-state index contributed by atoms with van der Waals surface area (Å²) in [4.78, 5) is 27.8. The maximum Gasteiger partial charge on any atom is 0.319 e. The summed E-state index contributed by atoms with van der Waals surface area (Å²) >= 11 is 0. The molecule has 6 nitrogen and oxygen atoms in total. The largest absolute Gasteiger partial charge is 0.371 e. The quantitative estimate of drug-likeness (QED) is 0.636. The van der Waals surface area contributed by atoms with Gasteiger partial charge in [-0.1, -0.05) is 49.6 Å². The van der Waals surface area contributed by atoms with Crippen molar-refractivity contribution in [2.24, 2.45) is 0 Å². The van der Waals surface area contributed by atoms with Crippen LogP contribution in [0.5, 0.6) is 0 Å². The van der Waals surface area contributed by atoms with Crippen molar-refractivity contribution in [2.45, 2.75) is 57.5 Å². The molecular formula is C25H32N4O2. The normalized spacial score (nSPS) is 16.7. The van der Waals surface area contributed by atoms with Gasteiger partial charge in [0.2, 0.25) is 0 Å². The van der Waals surface area contributed by atoms with Crippen molar-refractivity contribution in [3.8, 4) is 0 Å². The molecule has 0 bridgehead atoms. The number of nitrogens with one attached hydrogen (secondary N) is 3. The highest BCUT2D eigenvalue weighted by molar-refractivity contribution is 6.02. The number of anilines is 2. The van der Waals surface area contributed by atoms with Crippen molar-refractivity contribution < 1.29 is 9.59 Å². The Balaban J connectivity index is 1.46. The molecule has 1 saturated heterocycles. The Kier molecular flexibility index (Phi) is 7.07. The topological polar surface area (TPSA) is 73.5 Å². The number of benzene rings is 2. The van der Waals surface area contributed by atoms with E-state index in [1.54, 1.807) is 6.07 Å². The van der Waals surface area contributed by atoms with E-state index < -0.39 is 0 Å². The van der Waals surface area contributed by atoms with Crippen LogP contribution in [0.15, 0.2) is 48.5 Å². The lowest BCUT2D eigenvalue weighted by Gasteiger charge is -2.24. The maximum absolute atomic E-state index is 13.1. The predicted molar refractivity (Wildman–Crippen MR) is 125 cm³/mol. The van der Waals surface area contributed by atoms with Crippen molar-refractivity contribution in [3.63, 3.8) is 0 Å². The zero-order valence-electron chi connectivity index (χ0n) is 18.0. The summed E-state index contributed by atoms with van der Waals surface area (Å²) in [7, 11) is 0. The van der Waals surface area contributed by atoms with E-state index in [-0.39, 0.29) is 18.0 Å². The van der Waals surface area contributed by atoms with Crippen LogP contribution < -0.4 is 20.9 Å². The number of hydrogen-bond acceptors (Lipinski definition) is 3. The van der Waals surface area contributed by atoms with Gasteiger partial charge in [0.15, 0.2) is 0 Å². The molecule has 0 spiro atoms. The second-order valence-electron chi connectivity index (χ2n) is 8.53. The molecule has 3 amide bonds. The third-order valence-corrected chi connectivity index (χ3v) is 6.18. The van der Waals surface area contributed by atoms with Crippen LogP contribution in [0, 0.1) is 0 Å². The van der Waals surface area contributed by atoms with Crippen molar-refractivity contribution in [2.75, 3.05) is 23.3 Å². The Labute approximate surface area is 184 Å². The van der Waals surface area contributed by atoms with Gasteiger partial charge in [-0.3, -0.25) is 4.79 Å². The molecule has 3 N–H and O–H groups in total. The average molecular weight is 421 g/mol. The van der Waals surface area contributed by atoms with Gasteiger partial charge in [-0.05, 0) is 49.4 Å². The molecule has 0 aromatic heterocycles. The van der Waals surface area contributed by atoms with E-state index in [2.05, 4.69) is 20.9 Å². The summed E-state index contributed by atoms with van der Waals surface area (Å²) < 4.78 is 0. The Bertz CT molecular complexity index is 888. The molecule has 2 aromatic carbocycles. The van der Waals surface area contributed by atoms with Crippen LogP contribution in [0.2, 0.25) is 0 Å². The van der Waals surface area contributed by atoms with Gasteiger partial charge in [0, 0.05) is 37.1 Å². The summed E-state index contributed by atoms with van der Waals surface area (Å²) in [5, 5.41) is 9.03. The smallest absolute Gasteiger partial charge is 0.319 e. The van der Waals surface area contributed by atoms with Gasteiger partial charge < -0.3 is 20.9 Å². The second-order valence-corrected chi connectivity index (χ2v) is 8.53. The van der Waals surface area contributed by atoms with Gasteiger partial charge in [-0.2, -0.15) is 0 Å². The number of carbonyl (C=O) groups is 2. The first-order chi connectivity index (χ1) is 15.2. The van der Waals surface area contributed by atoms with Crippen molar-refractivity contribution in [1.29, 1.82) is 0 Å². The van der Waals surface area contributed by atoms with Crippen LogP contribution in [0.1, 0.15) is 60.9 Å². The van der Waals surface area contributed by atoms with Crippen LogP contribution in [0.3, 0.4) is 0 Å². The summed E-state index contributed by atoms with van der Waals surface area (Å²) in [5.74, 6) is -0.123. The third-order valence-electron chi connectivity index (χ3n) is 6.18. The minimum atomic E-state index is -0.198. The van der Waals surface area contributed by atoms with Crippen LogP contribution in [0.25, 0.3) is 0 Å². The van der Waals surface area contributed by atoms with Crippen LogP contribution in [-0.2, 0) is 6.54 Å². The molecule has 1 saturated carbocycles. The third kappa shape index (κ3) is 5.78. The fourth-order valence-electron chi connectivity index (χ4n) is 4.50. The number of carbonyl (C=O) groups excluding carboxylic acids is 2. The van der Waals surface area contributed by atoms with E-state index in [9.17, 15) is 9.59 Å². The van der Waals surface area contributed by atoms with Gasteiger partial charge in [-0.15, -0.1) is 0 Å². The summed E-state index contributed by atoms with van der Waals surface area (Å²) in [6, 6.07) is 15.6. The maximum atomic E-state index is 13.1. The molecule has 1 aliphatic carbocycles. The van der Waals surface area contributed by atoms with Gasteiger partial charge in [-0.25, -0.2) is 4.79 Å². The number of urea groups is 1. The minimum absolute atomic E-state index is 0.123. The van der Waals surface area contributed by atoms with Gasteiger partial charge in [0.1, 0.15) is 0 Å². The first-order valence-electron chi connectivity index (χ1n) is 11.5. The van der Waals surface area contributed by atoms with Crippen molar-refractivity contribution >= 4 is 23.3 Å². The SMILES string of the molecule is O=C(Nc1ccc(N2CCCC2)c(C(=O)NCc2ccccc2)c1)NC1CCCCC1. The molecule has 164 valence electrons. The first-order valence-corrected chi connectivity index (χ1v) is 11.5. The van der Waals surface area contributed by atoms with Crippen LogP contribution in [-0.4, -0.2) is 31.1 Å². The summed E-state index contributed by atoms with van der Waals surface area (Å²) in [6.07, 6.45) is 7.92. The Morgan fingerprint density at radius 2 is 1.65 bits per heavy atom. The fourth-order valence-corrected chi connectivity index (χ4v) is 4.50. The Morgan fingerprint density at radius 1 is 0.903 bits per heavy atom. The van der Waals surface area contributed by atoms with Crippen LogP contribution in [0.4, 0.5) is 16.2 Å². The highest BCUT2D eigenvalue weighted by atomic mass is 16.2. The molecule has 0 unspecified atom stereocenters. The molecular weight excluding hydrogens is 388 g/mol. The molecule has 2 aromatic rings. The second kappa shape index (κ2) is 10.3. The zero-order chi connectivity index (χ0) is 21.5. The van der Waals surface area contributed by atoms with Gasteiger partial charge >= 0.3 is 6.03 Å². The zero-order valence-corrected chi connectivity index (χ0v) is 18.0. The summed E-state index contributed by atoms with van der Waals surface area (Å²) in [6.45, 7) is 2.38. The van der Waals surface area contributed by atoms with E-state index in [0.29, 0.717) is 17.8 Å². The molecule has 1 heterocycles. The number of amides is 3. The minimum Gasteiger partial charge on any atom is -0.371 e. The molecule has 6 heteroatoms. The highest BCUT2D eigenvalue weighted by Gasteiger charge is 2.21. The fraction of sp³-hybridized carbons (Fsp3) is 0.440. The highest BCUT2D eigenvalue weighted by Crippen LogP contribution is 2.28. The molecule has 4 rings (SSSR count). The molecule has 0 atom stereocenters. The van der Waals surface area contributed by atoms with E-state index in [0.717, 1.165) is 50.0 Å². The van der Waals surface area contributed by atoms with E-state index in [1.165, 1.54) is 19.3 Å². The first kappa shape index (κ1) is 21.2. The van der Waals surface area contributed by atoms with Crippen molar-refractivity contribution in [1.82, 2.24) is 10.6 Å². The molecule has 2 aliphatic rings. The van der Waals surface area contributed by atoms with E-state index in [4.69, 9.17) is 0 Å². The Morgan fingerprint density at radius 3 is 2.39 bits per heavy atom. The van der Waals surface area contributed by atoms with Gasteiger partial charge in [0.05, 0.1) is 5.56 Å². The van der Waals surface area contributed by atoms with Crippen LogP contribution >= 0.6 is 0 Å². The number of rotatable bonds is 6.